The minimum Gasteiger partial charge on any atom is -0.444 e. The Balaban J connectivity index is 0.000000343. The van der Waals surface area contributed by atoms with E-state index in [4.69, 9.17) is 4.74 Å². The molecular formula is C24H33Br2NO4. The van der Waals surface area contributed by atoms with Gasteiger partial charge in [0, 0.05) is 16.0 Å². The highest BCUT2D eigenvalue weighted by molar-refractivity contribution is 9.10. The zero-order valence-electron chi connectivity index (χ0n) is 18.8. The lowest BCUT2D eigenvalue weighted by atomic mass is 10.1. The number of hydrogen-bond acceptors (Lipinski definition) is 4. The van der Waals surface area contributed by atoms with Gasteiger partial charge >= 0.3 is 6.09 Å². The Morgan fingerprint density at radius 3 is 1.74 bits per heavy atom. The summed E-state index contributed by atoms with van der Waals surface area (Å²) in [5.74, 6) is 0. The molecule has 1 amide bonds. The predicted molar refractivity (Wildman–Crippen MR) is 132 cm³/mol. The molecule has 172 valence electrons. The number of aliphatic hydroxyl groups excluding tert-OH is 2. The quantitative estimate of drug-likeness (QED) is 0.417. The summed E-state index contributed by atoms with van der Waals surface area (Å²) in [5, 5.41) is 19.7. The van der Waals surface area contributed by atoms with E-state index in [9.17, 15) is 15.0 Å². The number of aliphatic hydroxyl groups is 2. The van der Waals surface area contributed by atoms with E-state index in [1.807, 2.05) is 69.3 Å². The van der Waals surface area contributed by atoms with Gasteiger partial charge in [0.1, 0.15) is 5.60 Å². The number of halogens is 2. The maximum Gasteiger partial charge on any atom is 0.410 e. The second-order valence-corrected chi connectivity index (χ2v) is 10.1. The fourth-order valence-electron chi connectivity index (χ4n) is 2.59. The molecular weight excluding hydrogens is 526 g/mol. The van der Waals surface area contributed by atoms with E-state index >= 15 is 0 Å². The van der Waals surface area contributed by atoms with E-state index in [1.54, 1.807) is 7.05 Å². The highest BCUT2D eigenvalue weighted by Gasteiger charge is 2.21. The molecule has 0 aliphatic heterocycles. The fourth-order valence-corrected chi connectivity index (χ4v) is 3.12. The molecule has 0 heterocycles. The summed E-state index contributed by atoms with van der Waals surface area (Å²) in [4.78, 5) is 13.1. The summed E-state index contributed by atoms with van der Waals surface area (Å²) in [5.41, 5.74) is 1.23. The van der Waals surface area contributed by atoms with Gasteiger partial charge in [0.2, 0.25) is 0 Å². The first-order valence-electron chi connectivity index (χ1n) is 10.2. The molecule has 2 aromatic rings. The molecule has 0 saturated carbocycles. The van der Waals surface area contributed by atoms with Crippen LogP contribution in [-0.4, -0.2) is 40.4 Å². The number of amides is 1. The Morgan fingerprint density at radius 2 is 1.35 bits per heavy atom. The zero-order valence-corrected chi connectivity index (χ0v) is 22.0. The van der Waals surface area contributed by atoms with Gasteiger partial charge in [-0.1, -0.05) is 69.5 Å². The number of carbonyl (C=O) groups is 1. The summed E-state index contributed by atoms with van der Waals surface area (Å²) in [6.45, 7) is 7.69. The number of hydrogen-bond donors (Lipinski definition) is 2. The average Bonchev–Trinajstić information content (AvgIpc) is 2.68. The first-order chi connectivity index (χ1) is 14.4. The van der Waals surface area contributed by atoms with Gasteiger partial charge in [0.15, 0.2) is 0 Å². The van der Waals surface area contributed by atoms with Crippen molar-refractivity contribution < 1.29 is 19.7 Å². The molecule has 0 bridgehead atoms. The van der Waals surface area contributed by atoms with E-state index in [1.165, 1.54) is 4.90 Å². The van der Waals surface area contributed by atoms with Crippen molar-refractivity contribution in [1.29, 1.82) is 0 Å². The van der Waals surface area contributed by atoms with Crippen LogP contribution >= 0.6 is 31.9 Å². The van der Waals surface area contributed by atoms with Crippen molar-refractivity contribution in [3.8, 4) is 0 Å². The number of nitrogens with zero attached hydrogens (tertiary/aromatic N) is 1. The van der Waals surface area contributed by atoms with Gasteiger partial charge in [-0.15, -0.1) is 0 Å². The molecule has 2 atom stereocenters. The van der Waals surface area contributed by atoms with Crippen molar-refractivity contribution in [2.75, 3.05) is 13.6 Å². The highest BCUT2D eigenvalue weighted by Crippen LogP contribution is 2.20. The van der Waals surface area contributed by atoms with E-state index in [0.29, 0.717) is 0 Å². The van der Waals surface area contributed by atoms with E-state index in [-0.39, 0.29) is 12.6 Å². The van der Waals surface area contributed by atoms with Crippen LogP contribution in [0.25, 0.3) is 0 Å². The smallest absolute Gasteiger partial charge is 0.410 e. The van der Waals surface area contributed by atoms with Crippen LogP contribution in [0.15, 0.2) is 57.5 Å². The van der Waals surface area contributed by atoms with Crippen molar-refractivity contribution in [3.05, 3.63) is 68.6 Å². The fraction of sp³-hybridized carbons (Fsp3) is 0.458. The molecule has 0 aliphatic rings. The van der Waals surface area contributed by atoms with Crippen LogP contribution in [0.1, 0.15) is 63.9 Å². The lowest BCUT2D eigenvalue weighted by Crippen LogP contribution is -2.36. The van der Waals surface area contributed by atoms with E-state index in [0.717, 1.165) is 32.9 Å². The van der Waals surface area contributed by atoms with E-state index < -0.39 is 17.8 Å². The number of carbonyl (C=O) groups excluding carboxylic acids is 1. The lowest BCUT2D eigenvalue weighted by Gasteiger charge is -2.26. The standard InChI is InChI=1S/C14H20BrNO3.C10H13BrO/c1-14(2,3)19-13(18)16(4)9-12(17)10-5-7-11(15)8-6-10;1-2-3-10(12)8-4-6-9(11)7-5-8/h5-8,12,17H,9H2,1-4H3;4-7,10,12H,2-3H2,1H3. The van der Waals surface area contributed by atoms with Gasteiger partial charge in [-0.05, 0) is 62.6 Å². The molecule has 0 aliphatic carbocycles. The van der Waals surface area contributed by atoms with Gasteiger partial charge in [-0.3, -0.25) is 0 Å². The van der Waals surface area contributed by atoms with Crippen LogP contribution in [0.3, 0.4) is 0 Å². The summed E-state index contributed by atoms with van der Waals surface area (Å²) in [7, 11) is 1.61. The van der Waals surface area contributed by atoms with Crippen molar-refractivity contribution in [2.24, 2.45) is 0 Å². The van der Waals surface area contributed by atoms with Gasteiger partial charge in [0.25, 0.3) is 0 Å². The van der Waals surface area contributed by atoms with Crippen LogP contribution in [0, 0.1) is 0 Å². The number of benzene rings is 2. The first kappa shape index (κ1) is 27.6. The molecule has 7 heteroatoms. The van der Waals surface area contributed by atoms with Crippen LogP contribution in [0.2, 0.25) is 0 Å². The summed E-state index contributed by atoms with van der Waals surface area (Å²) in [6, 6.07) is 15.1. The maximum absolute atomic E-state index is 11.8. The SMILES string of the molecule is CCCC(O)c1ccc(Br)cc1.CN(CC(O)c1ccc(Br)cc1)C(=O)OC(C)(C)C. The molecule has 0 aromatic heterocycles. The number of rotatable bonds is 6. The molecule has 0 spiro atoms. The van der Waals surface area contributed by atoms with Gasteiger partial charge in [-0.2, -0.15) is 0 Å². The topological polar surface area (TPSA) is 70.0 Å². The van der Waals surface area contributed by atoms with E-state index in [2.05, 4.69) is 38.8 Å². The average molecular weight is 559 g/mol. The van der Waals surface area contributed by atoms with Crippen LogP contribution in [-0.2, 0) is 4.74 Å². The molecule has 2 aromatic carbocycles. The Bertz CT molecular complexity index is 789. The summed E-state index contributed by atoms with van der Waals surface area (Å²) >= 11 is 6.69. The molecule has 2 rings (SSSR count). The van der Waals surface area contributed by atoms with Crippen molar-refractivity contribution in [2.45, 2.75) is 58.3 Å². The van der Waals surface area contributed by atoms with Crippen molar-refractivity contribution in [3.63, 3.8) is 0 Å². The lowest BCUT2D eigenvalue weighted by molar-refractivity contribution is 0.0205. The van der Waals surface area contributed by atoms with Crippen molar-refractivity contribution in [1.82, 2.24) is 4.90 Å². The Hall–Kier alpha value is -1.41. The minimum absolute atomic E-state index is 0.191. The largest absolute Gasteiger partial charge is 0.444 e. The Kier molecular flexibility index (Phi) is 11.8. The second kappa shape index (κ2) is 13.2. The highest BCUT2D eigenvalue weighted by atomic mass is 79.9. The first-order valence-corrected chi connectivity index (χ1v) is 11.8. The summed E-state index contributed by atoms with van der Waals surface area (Å²) < 4.78 is 7.22. The molecule has 2 N–H and O–H groups in total. The van der Waals surface area contributed by atoms with Crippen molar-refractivity contribution >= 4 is 38.0 Å². The molecule has 5 nitrogen and oxygen atoms in total. The van der Waals surface area contributed by atoms with Crippen LogP contribution in [0.5, 0.6) is 0 Å². The predicted octanol–water partition coefficient (Wildman–Crippen LogP) is 6.63. The summed E-state index contributed by atoms with van der Waals surface area (Å²) in [6.07, 6.45) is 0.371. The molecule has 0 fully saturated rings. The zero-order chi connectivity index (χ0) is 23.6. The van der Waals surface area contributed by atoms with Crippen LogP contribution < -0.4 is 0 Å². The molecule has 2 unspecified atom stereocenters. The third kappa shape index (κ3) is 11.1. The Labute approximate surface area is 202 Å². The second-order valence-electron chi connectivity index (χ2n) is 8.28. The molecule has 31 heavy (non-hydrogen) atoms. The number of likely N-dealkylation sites (N-methyl/N-ethyl adjacent to an activating group) is 1. The van der Waals surface area contributed by atoms with Gasteiger partial charge < -0.3 is 19.8 Å². The maximum atomic E-state index is 11.8. The monoisotopic (exact) mass is 557 g/mol. The molecule has 0 radical (unpaired) electrons. The minimum atomic E-state index is -0.731. The molecule has 0 saturated heterocycles. The third-order valence-electron chi connectivity index (χ3n) is 4.22. The van der Waals surface area contributed by atoms with Gasteiger partial charge in [-0.25, -0.2) is 4.79 Å². The van der Waals surface area contributed by atoms with Crippen LogP contribution in [0.4, 0.5) is 4.79 Å². The number of ether oxygens (including phenoxy) is 1. The Morgan fingerprint density at radius 1 is 0.935 bits per heavy atom. The van der Waals surface area contributed by atoms with Gasteiger partial charge in [0.05, 0.1) is 18.8 Å². The third-order valence-corrected chi connectivity index (χ3v) is 5.28. The normalized spacial score (nSPS) is 12.9.